The van der Waals surface area contributed by atoms with Crippen molar-refractivity contribution in [2.45, 2.75) is 44.4 Å². The third-order valence-corrected chi connectivity index (χ3v) is 4.04. The normalized spacial score (nSPS) is 23.6. The molecule has 3 atom stereocenters. The molecule has 1 saturated heterocycles. The van der Waals surface area contributed by atoms with E-state index < -0.39 is 0 Å². The number of carbonyl (C=O) groups is 1. The van der Waals surface area contributed by atoms with Crippen molar-refractivity contribution in [3.05, 3.63) is 34.3 Å². The molecule has 1 aromatic rings. The number of hydrogen-bond donors (Lipinski definition) is 2. The topological polar surface area (TPSA) is 64.4 Å². The predicted molar refractivity (Wildman–Crippen MR) is 82.4 cm³/mol. The highest BCUT2D eigenvalue weighted by atomic mass is 79.9. The molecule has 0 spiro atoms. The van der Waals surface area contributed by atoms with Gasteiger partial charge in [0.25, 0.3) is 0 Å². The number of amides is 1. The van der Waals surface area contributed by atoms with Crippen molar-refractivity contribution in [3.63, 3.8) is 0 Å². The smallest absolute Gasteiger partial charge is 0.249 e. The van der Waals surface area contributed by atoms with Crippen molar-refractivity contribution in [2.24, 2.45) is 5.73 Å². The highest BCUT2D eigenvalue weighted by Gasteiger charge is 2.30. The third kappa shape index (κ3) is 4.30. The van der Waals surface area contributed by atoms with Gasteiger partial charge in [-0.1, -0.05) is 28.1 Å². The number of carbonyl (C=O) groups excluding carboxylic acids is 1. The lowest BCUT2D eigenvalue weighted by atomic mass is 10.1. The first-order valence-electron chi connectivity index (χ1n) is 6.99. The van der Waals surface area contributed by atoms with Gasteiger partial charge in [-0.2, -0.15) is 0 Å². The zero-order chi connectivity index (χ0) is 14.5. The minimum Gasteiger partial charge on any atom is -0.364 e. The minimum absolute atomic E-state index is 0.0226. The van der Waals surface area contributed by atoms with E-state index in [9.17, 15) is 4.79 Å². The molecule has 0 radical (unpaired) electrons. The summed E-state index contributed by atoms with van der Waals surface area (Å²) in [6.07, 6.45) is 2.14. The number of hydrogen-bond acceptors (Lipinski definition) is 3. The Morgan fingerprint density at radius 3 is 2.75 bits per heavy atom. The van der Waals surface area contributed by atoms with Gasteiger partial charge in [0.2, 0.25) is 5.91 Å². The predicted octanol–water partition coefficient (Wildman–Crippen LogP) is 2.00. The summed E-state index contributed by atoms with van der Waals surface area (Å²) in [6, 6.07) is 8.22. The van der Waals surface area contributed by atoms with Crippen LogP contribution in [0.3, 0.4) is 0 Å². The molecule has 0 aliphatic carbocycles. The van der Waals surface area contributed by atoms with Crippen LogP contribution < -0.4 is 11.1 Å². The number of rotatable bonds is 5. The molecular weight excluding hydrogens is 320 g/mol. The molecule has 1 unspecified atom stereocenters. The molecule has 1 aromatic carbocycles. The highest BCUT2D eigenvalue weighted by Crippen LogP contribution is 2.19. The second-order valence-electron chi connectivity index (χ2n) is 5.30. The van der Waals surface area contributed by atoms with Gasteiger partial charge in [0, 0.05) is 17.1 Å². The van der Waals surface area contributed by atoms with Crippen molar-refractivity contribution in [1.29, 1.82) is 0 Å². The second kappa shape index (κ2) is 7.20. The number of halogens is 1. The van der Waals surface area contributed by atoms with Crippen LogP contribution in [0.15, 0.2) is 28.7 Å². The van der Waals surface area contributed by atoms with Gasteiger partial charge in [0.15, 0.2) is 0 Å². The Labute approximate surface area is 128 Å². The third-order valence-electron chi connectivity index (χ3n) is 3.51. The van der Waals surface area contributed by atoms with E-state index in [0.717, 1.165) is 23.7 Å². The summed E-state index contributed by atoms with van der Waals surface area (Å²) in [5.74, 6) is -0.0226. The van der Waals surface area contributed by atoms with E-state index >= 15 is 0 Å². The Balaban J connectivity index is 1.80. The van der Waals surface area contributed by atoms with Gasteiger partial charge in [-0.15, -0.1) is 0 Å². The molecule has 1 aliphatic rings. The molecule has 4 nitrogen and oxygen atoms in total. The summed E-state index contributed by atoms with van der Waals surface area (Å²) in [4.78, 5) is 12.1. The molecule has 5 heteroatoms. The molecule has 0 saturated carbocycles. The van der Waals surface area contributed by atoms with Crippen LogP contribution in [-0.4, -0.2) is 30.7 Å². The molecule has 3 N–H and O–H groups in total. The van der Waals surface area contributed by atoms with Crippen LogP contribution in [0.1, 0.15) is 25.3 Å². The first-order chi connectivity index (χ1) is 9.58. The molecule has 2 rings (SSSR count). The van der Waals surface area contributed by atoms with Gasteiger partial charge in [0.1, 0.15) is 6.10 Å². The maximum atomic E-state index is 12.1. The quantitative estimate of drug-likeness (QED) is 0.861. The summed E-state index contributed by atoms with van der Waals surface area (Å²) >= 11 is 3.41. The van der Waals surface area contributed by atoms with E-state index in [1.807, 2.05) is 19.1 Å². The van der Waals surface area contributed by atoms with E-state index in [4.69, 9.17) is 10.5 Å². The van der Waals surface area contributed by atoms with Gasteiger partial charge >= 0.3 is 0 Å². The Kier molecular flexibility index (Phi) is 5.57. The Bertz CT molecular complexity index is 450. The van der Waals surface area contributed by atoms with Crippen LogP contribution in [-0.2, 0) is 16.0 Å². The van der Waals surface area contributed by atoms with E-state index in [0.29, 0.717) is 6.54 Å². The van der Waals surface area contributed by atoms with Gasteiger partial charge < -0.3 is 15.8 Å². The average Bonchev–Trinajstić information content (AvgIpc) is 2.90. The molecule has 0 bridgehead atoms. The molecule has 110 valence electrons. The molecular formula is C15H21BrN2O2. The van der Waals surface area contributed by atoms with Gasteiger partial charge in [-0.3, -0.25) is 4.79 Å². The standard InChI is InChI=1S/C15H21BrN2O2/c1-10(8-11-2-4-12(16)5-3-11)18-15(19)14-7-6-13(9-17)20-14/h2-5,10,13-14H,6-9,17H2,1H3,(H,18,19)/t10?,13-,14+/m1/s1. The van der Waals surface area contributed by atoms with Crippen LogP contribution in [0.4, 0.5) is 0 Å². The van der Waals surface area contributed by atoms with Crippen LogP contribution in [0.2, 0.25) is 0 Å². The van der Waals surface area contributed by atoms with E-state index in [1.54, 1.807) is 0 Å². The fourth-order valence-electron chi connectivity index (χ4n) is 2.43. The largest absolute Gasteiger partial charge is 0.364 e. The first kappa shape index (κ1) is 15.5. The molecule has 0 aromatic heterocycles. The second-order valence-corrected chi connectivity index (χ2v) is 6.22. The van der Waals surface area contributed by atoms with Crippen molar-refractivity contribution in [3.8, 4) is 0 Å². The first-order valence-corrected chi connectivity index (χ1v) is 7.78. The van der Waals surface area contributed by atoms with Crippen molar-refractivity contribution < 1.29 is 9.53 Å². The zero-order valence-electron chi connectivity index (χ0n) is 11.6. The number of nitrogens with one attached hydrogen (secondary N) is 1. The SMILES string of the molecule is CC(Cc1ccc(Br)cc1)NC(=O)[C@@H]1CC[C@H](CN)O1. The van der Waals surface area contributed by atoms with E-state index in [1.165, 1.54) is 5.56 Å². The minimum atomic E-state index is -0.337. The molecule has 1 fully saturated rings. The number of benzene rings is 1. The van der Waals surface area contributed by atoms with Crippen LogP contribution in [0.25, 0.3) is 0 Å². The molecule has 1 heterocycles. The maximum Gasteiger partial charge on any atom is 0.249 e. The highest BCUT2D eigenvalue weighted by molar-refractivity contribution is 9.10. The average molecular weight is 341 g/mol. The summed E-state index contributed by atoms with van der Waals surface area (Å²) in [5.41, 5.74) is 6.75. The van der Waals surface area contributed by atoms with Crippen molar-refractivity contribution >= 4 is 21.8 Å². The summed E-state index contributed by atoms with van der Waals surface area (Å²) in [7, 11) is 0. The van der Waals surface area contributed by atoms with Gasteiger partial charge in [-0.05, 0) is 43.9 Å². The van der Waals surface area contributed by atoms with Crippen LogP contribution in [0, 0.1) is 0 Å². The fraction of sp³-hybridized carbons (Fsp3) is 0.533. The lowest BCUT2D eigenvalue weighted by molar-refractivity contribution is -0.132. The molecule has 1 aliphatic heterocycles. The Morgan fingerprint density at radius 2 is 2.15 bits per heavy atom. The monoisotopic (exact) mass is 340 g/mol. The maximum absolute atomic E-state index is 12.1. The summed E-state index contributed by atoms with van der Waals surface area (Å²) in [5, 5.41) is 3.01. The molecule has 1 amide bonds. The fourth-order valence-corrected chi connectivity index (χ4v) is 2.70. The van der Waals surface area contributed by atoms with Gasteiger partial charge in [-0.25, -0.2) is 0 Å². The Hall–Kier alpha value is -0.910. The lowest BCUT2D eigenvalue weighted by Crippen LogP contribution is -2.41. The van der Waals surface area contributed by atoms with Crippen molar-refractivity contribution in [2.75, 3.05) is 6.54 Å². The molecule has 20 heavy (non-hydrogen) atoms. The van der Waals surface area contributed by atoms with Gasteiger partial charge in [0.05, 0.1) is 6.10 Å². The lowest BCUT2D eigenvalue weighted by Gasteiger charge is -2.17. The van der Waals surface area contributed by atoms with Crippen molar-refractivity contribution in [1.82, 2.24) is 5.32 Å². The van der Waals surface area contributed by atoms with E-state index in [2.05, 4.69) is 33.4 Å². The number of ether oxygens (including phenoxy) is 1. The summed E-state index contributed by atoms with van der Waals surface area (Å²) in [6.45, 7) is 2.49. The van der Waals surface area contributed by atoms with E-state index in [-0.39, 0.29) is 24.2 Å². The van der Waals surface area contributed by atoms with Crippen LogP contribution >= 0.6 is 15.9 Å². The Morgan fingerprint density at radius 1 is 1.45 bits per heavy atom. The summed E-state index contributed by atoms with van der Waals surface area (Å²) < 4.78 is 6.66. The van der Waals surface area contributed by atoms with Crippen LogP contribution in [0.5, 0.6) is 0 Å². The number of nitrogens with two attached hydrogens (primary N) is 1. The zero-order valence-corrected chi connectivity index (χ0v) is 13.2.